The summed E-state index contributed by atoms with van der Waals surface area (Å²) in [7, 11) is -3.36. The molecule has 0 saturated heterocycles. The van der Waals surface area contributed by atoms with Gasteiger partial charge in [0, 0.05) is 35.6 Å². The molecule has 39 heavy (non-hydrogen) atoms. The number of oxazole rings is 1. The third kappa shape index (κ3) is 5.28. The molecule has 3 aromatic carbocycles. The Morgan fingerprint density at radius 3 is 2.36 bits per heavy atom. The molecule has 2 N–H and O–H groups in total. The maximum atomic E-state index is 12.8. The number of sulfone groups is 1. The summed E-state index contributed by atoms with van der Waals surface area (Å²) in [6.45, 7) is 7.62. The van der Waals surface area contributed by atoms with Gasteiger partial charge in [-0.2, -0.15) is 5.10 Å². The second-order valence-electron chi connectivity index (χ2n) is 8.96. The number of aromatic amines is 1. The molecule has 0 unspecified atom stereocenters. The van der Waals surface area contributed by atoms with Gasteiger partial charge in [0.15, 0.2) is 15.4 Å². The van der Waals surface area contributed by atoms with Gasteiger partial charge in [0.05, 0.1) is 28.1 Å². The maximum absolute atomic E-state index is 12.8. The third-order valence-electron chi connectivity index (χ3n) is 6.66. The van der Waals surface area contributed by atoms with Gasteiger partial charge >= 0.3 is 0 Å². The van der Waals surface area contributed by atoms with Crippen molar-refractivity contribution in [1.82, 2.24) is 15.2 Å². The van der Waals surface area contributed by atoms with Crippen LogP contribution in [0.2, 0.25) is 0 Å². The van der Waals surface area contributed by atoms with E-state index >= 15 is 0 Å². The predicted molar refractivity (Wildman–Crippen MR) is 153 cm³/mol. The summed E-state index contributed by atoms with van der Waals surface area (Å²) in [5.74, 6) is 0.145. The largest absolute Gasteiger partial charge is 0.436 e. The van der Waals surface area contributed by atoms with Crippen molar-refractivity contribution in [2.24, 2.45) is 0 Å². The summed E-state index contributed by atoms with van der Waals surface area (Å²) < 4.78 is 30.4. The molecular formula is C29H29N5O4S. The molecule has 0 aliphatic rings. The van der Waals surface area contributed by atoms with E-state index in [1.165, 1.54) is 12.1 Å². The second kappa shape index (κ2) is 10.7. The molecule has 2 heterocycles. The van der Waals surface area contributed by atoms with Gasteiger partial charge in [0.25, 0.3) is 5.91 Å². The Morgan fingerprint density at radius 2 is 1.69 bits per heavy atom. The summed E-state index contributed by atoms with van der Waals surface area (Å²) in [5.41, 5.74) is 5.40. The zero-order valence-corrected chi connectivity index (χ0v) is 22.7. The van der Waals surface area contributed by atoms with E-state index in [0.717, 1.165) is 24.3 Å². The summed E-state index contributed by atoms with van der Waals surface area (Å²) in [5, 5.41) is 10.1. The van der Waals surface area contributed by atoms with Crippen LogP contribution in [0.3, 0.4) is 0 Å². The number of carbonyl (C=O) groups is 1. The highest BCUT2D eigenvalue weighted by Crippen LogP contribution is 2.33. The highest BCUT2D eigenvalue weighted by molar-refractivity contribution is 7.91. The van der Waals surface area contributed by atoms with Crippen LogP contribution >= 0.6 is 0 Å². The molecule has 1 amide bonds. The van der Waals surface area contributed by atoms with E-state index in [0.29, 0.717) is 39.5 Å². The molecule has 0 bridgehead atoms. The number of nitrogens with zero attached hydrogens (tertiary/aromatic N) is 3. The normalized spacial score (nSPS) is 11.6. The van der Waals surface area contributed by atoms with Crippen LogP contribution in [0.25, 0.3) is 33.8 Å². The Bertz CT molecular complexity index is 1720. The van der Waals surface area contributed by atoms with Crippen molar-refractivity contribution in [2.75, 3.05) is 29.1 Å². The number of nitrogens with one attached hydrogen (secondary N) is 2. The van der Waals surface area contributed by atoms with Crippen molar-refractivity contribution in [2.45, 2.75) is 25.7 Å². The highest BCUT2D eigenvalue weighted by Gasteiger charge is 2.19. The number of hydrogen-bond acceptors (Lipinski definition) is 7. The number of carbonyl (C=O) groups excluding carboxylic acids is 1. The topological polar surface area (TPSA) is 121 Å². The standard InChI is InChI=1S/C29H29N5O4S/c1-4-34(5-2)22-13-9-20(10-14-22)28(35)31-21-11-7-19(8-12-21)27-24(18-30-33-27)29-32-25-17-23(39(36,37)6-3)15-16-26(25)38-29/h7-18H,4-6H2,1-3H3,(H,30,33)(H,31,35). The number of benzene rings is 3. The molecule has 0 fully saturated rings. The molecule has 5 rings (SSSR count). The summed E-state index contributed by atoms with van der Waals surface area (Å²) in [6.07, 6.45) is 1.61. The zero-order chi connectivity index (χ0) is 27.6. The second-order valence-corrected chi connectivity index (χ2v) is 11.2. The average molecular weight is 544 g/mol. The van der Waals surface area contributed by atoms with Crippen molar-refractivity contribution in [3.05, 3.63) is 78.5 Å². The van der Waals surface area contributed by atoms with Gasteiger partial charge in [-0.25, -0.2) is 13.4 Å². The fraction of sp³-hybridized carbons (Fsp3) is 0.207. The average Bonchev–Trinajstić information content (AvgIpc) is 3.61. The van der Waals surface area contributed by atoms with Crippen molar-refractivity contribution >= 4 is 38.2 Å². The van der Waals surface area contributed by atoms with E-state index in [2.05, 4.69) is 39.2 Å². The van der Waals surface area contributed by atoms with Crippen molar-refractivity contribution in [1.29, 1.82) is 0 Å². The van der Waals surface area contributed by atoms with Crippen molar-refractivity contribution in [3.8, 4) is 22.7 Å². The Balaban J connectivity index is 1.34. The quantitative estimate of drug-likeness (QED) is 0.242. The first-order valence-electron chi connectivity index (χ1n) is 12.8. The Labute approximate surface area is 226 Å². The molecule has 10 heteroatoms. The van der Waals surface area contributed by atoms with Crippen molar-refractivity contribution in [3.63, 3.8) is 0 Å². The van der Waals surface area contributed by atoms with Crippen LogP contribution in [-0.4, -0.2) is 48.3 Å². The molecule has 0 saturated carbocycles. The lowest BCUT2D eigenvalue weighted by Gasteiger charge is -2.21. The van der Waals surface area contributed by atoms with Gasteiger partial charge in [-0.3, -0.25) is 9.89 Å². The van der Waals surface area contributed by atoms with Gasteiger partial charge < -0.3 is 14.6 Å². The predicted octanol–water partition coefficient (Wildman–Crippen LogP) is 5.78. The lowest BCUT2D eigenvalue weighted by atomic mass is 10.1. The molecule has 2 aromatic heterocycles. The Kier molecular flexibility index (Phi) is 7.21. The van der Waals surface area contributed by atoms with Gasteiger partial charge in [-0.15, -0.1) is 0 Å². The third-order valence-corrected chi connectivity index (χ3v) is 8.39. The fourth-order valence-electron chi connectivity index (χ4n) is 4.39. The van der Waals surface area contributed by atoms with Gasteiger partial charge in [-0.1, -0.05) is 19.1 Å². The molecule has 0 radical (unpaired) electrons. The van der Waals surface area contributed by atoms with E-state index < -0.39 is 9.84 Å². The number of amides is 1. The minimum atomic E-state index is -3.36. The summed E-state index contributed by atoms with van der Waals surface area (Å²) >= 11 is 0. The monoisotopic (exact) mass is 543 g/mol. The molecular weight excluding hydrogens is 514 g/mol. The van der Waals surface area contributed by atoms with E-state index in [1.54, 1.807) is 19.2 Å². The molecule has 0 atom stereocenters. The molecule has 0 aliphatic carbocycles. The van der Waals surface area contributed by atoms with E-state index in [1.807, 2.05) is 48.5 Å². The molecule has 200 valence electrons. The first kappa shape index (κ1) is 26.2. The molecule has 0 aliphatic heterocycles. The number of hydrogen-bond donors (Lipinski definition) is 2. The maximum Gasteiger partial charge on any atom is 0.255 e. The molecule has 0 spiro atoms. The van der Waals surface area contributed by atoms with Gasteiger partial charge in [0.1, 0.15) is 5.52 Å². The lowest BCUT2D eigenvalue weighted by Crippen LogP contribution is -2.21. The summed E-state index contributed by atoms with van der Waals surface area (Å²) in [4.78, 5) is 19.7. The number of fused-ring (bicyclic) bond motifs is 1. The van der Waals surface area contributed by atoms with Crippen LogP contribution in [0.15, 0.2) is 82.2 Å². The van der Waals surface area contributed by atoms with Crippen LogP contribution in [-0.2, 0) is 9.84 Å². The fourth-order valence-corrected chi connectivity index (χ4v) is 5.29. The lowest BCUT2D eigenvalue weighted by molar-refractivity contribution is 0.102. The number of H-pyrrole nitrogens is 1. The van der Waals surface area contributed by atoms with E-state index in [-0.39, 0.29) is 16.6 Å². The van der Waals surface area contributed by atoms with E-state index in [9.17, 15) is 13.2 Å². The SMILES string of the molecule is CCN(CC)c1ccc(C(=O)Nc2ccc(-c3[nH]ncc3-c3nc4cc(S(=O)(=O)CC)ccc4o3)cc2)cc1. The Morgan fingerprint density at radius 1 is 0.974 bits per heavy atom. The van der Waals surface area contributed by atoms with Gasteiger partial charge in [0.2, 0.25) is 5.89 Å². The van der Waals surface area contributed by atoms with Crippen LogP contribution in [0.5, 0.6) is 0 Å². The first-order chi connectivity index (χ1) is 18.8. The van der Waals surface area contributed by atoms with E-state index in [4.69, 9.17) is 4.42 Å². The Hall–Kier alpha value is -4.44. The smallest absolute Gasteiger partial charge is 0.255 e. The highest BCUT2D eigenvalue weighted by atomic mass is 32.2. The van der Waals surface area contributed by atoms with Crippen LogP contribution in [0, 0.1) is 0 Å². The van der Waals surface area contributed by atoms with Crippen LogP contribution < -0.4 is 10.2 Å². The van der Waals surface area contributed by atoms with Crippen LogP contribution in [0.1, 0.15) is 31.1 Å². The number of rotatable bonds is 9. The first-order valence-corrected chi connectivity index (χ1v) is 14.4. The minimum absolute atomic E-state index is 0.00841. The summed E-state index contributed by atoms with van der Waals surface area (Å²) in [6, 6.07) is 19.6. The van der Waals surface area contributed by atoms with Crippen molar-refractivity contribution < 1.29 is 17.6 Å². The zero-order valence-electron chi connectivity index (χ0n) is 21.9. The number of aromatic nitrogens is 3. The van der Waals surface area contributed by atoms with Gasteiger partial charge in [-0.05, 0) is 68.4 Å². The molecule has 9 nitrogen and oxygen atoms in total. The molecule has 5 aromatic rings. The van der Waals surface area contributed by atoms with Crippen LogP contribution in [0.4, 0.5) is 11.4 Å². The minimum Gasteiger partial charge on any atom is -0.436 e. The number of anilines is 2.